The van der Waals surface area contributed by atoms with E-state index in [1.807, 2.05) is 22.7 Å². The molecule has 0 bridgehead atoms. The maximum atomic E-state index is 2.43. The Bertz CT molecular complexity index is 3690. The van der Waals surface area contributed by atoms with Gasteiger partial charge in [0.1, 0.15) is 0 Å². The highest BCUT2D eigenvalue weighted by atomic mass is 32.1. The molecule has 1 aliphatic rings. The Morgan fingerprint density at radius 1 is 0.339 bits per heavy atom. The summed E-state index contributed by atoms with van der Waals surface area (Å²) in [5.74, 6) is 0. The van der Waals surface area contributed by atoms with Crippen LogP contribution < -0.4 is 0 Å². The zero-order valence-corrected chi connectivity index (χ0v) is 34.3. The quantitative estimate of drug-likeness (QED) is 0.157. The van der Waals surface area contributed by atoms with Gasteiger partial charge in [-0.1, -0.05) is 159 Å². The number of rotatable bonds is 3. The van der Waals surface area contributed by atoms with Gasteiger partial charge in [0.05, 0.1) is 0 Å². The van der Waals surface area contributed by atoms with Gasteiger partial charge in [0, 0.05) is 45.8 Å². The van der Waals surface area contributed by atoms with Gasteiger partial charge in [-0.05, 0) is 124 Å². The van der Waals surface area contributed by atoms with Crippen molar-refractivity contribution in [3.05, 3.63) is 193 Å². The maximum absolute atomic E-state index is 2.43. The standard InChI is InChI=1S/C57H36S2/c1-57(2)49-19-11-10-14-39(49)45-25-26-46-48-30-36-21-20-34(28-38(36)32-52(48)59-56(46)55(45)57)35-23-27-50-47(29-35)40-24-22-37(31-51(40)58-50)54-43-17-8-6-15-41(43)53(33-12-4-3-5-13-33)42-16-7-9-18-44(42)54/h3-32H,1-2H3. The Hall–Kier alpha value is -6.58. The smallest absolute Gasteiger partial charge is 0.0402 e. The first-order valence-corrected chi connectivity index (χ1v) is 22.1. The highest BCUT2D eigenvalue weighted by Crippen LogP contribution is 2.54. The van der Waals surface area contributed by atoms with Crippen LogP contribution in [0.1, 0.15) is 25.0 Å². The maximum Gasteiger partial charge on any atom is 0.0402 e. The fourth-order valence-electron chi connectivity index (χ4n) is 10.5. The van der Waals surface area contributed by atoms with Crippen LogP contribution >= 0.6 is 22.7 Å². The normalized spacial score (nSPS) is 13.4. The van der Waals surface area contributed by atoms with Gasteiger partial charge in [-0.25, -0.2) is 0 Å². The fraction of sp³-hybridized carbons (Fsp3) is 0.0526. The van der Waals surface area contributed by atoms with Gasteiger partial charge in [-0.15, -0.1) is 22.7 Å². The van der Waals surface area contributed by atoms with Crippen LogP contribution in [0.4, 0.5) is 0 Å². The molecule has 2 heteroatoms. The molecule has 13 rings (SSSR count). The van der Waals surface area contributed by atoms with Crippen molar-refractivity contribution in [2.75, 3.05) is 0 Å². The van der Waals surface area contributed by atoms with Crippen molar-refractivity contribution < 1.29 is 0 Å². The lowest BCUT2D eigenvalue weighted by Gasteiger charge is -2.22. The van der Waals surface area contributed by atoms with Crippen LogP contribution in [0.15, 0.2) is 182 Å². The summed E-state index contributed by atoms with van der Waals surface area (Å²) < 4.78 is 5.42. The zero-order valence-electron chi connectivity index (χ0n) is 32.6. The van der Waals surface area contributed by atoms with Crippen molar-refractivity contribution in [1.29, 1.82) is 0 Å². The van der Waals surface area contributed by atoms with Gasteiger partial charge in [0.15, 0.2) is 0 Å². The van der Waals surface area contributed by atoms with Crippen molar-refractivity contribution in [3.8, 4) is 44.5 Å². The Morgan fingerprint density at radius 3 is 1.73 bits per heavy atom. The predicted molar refractivity (Wildman–Crippen MR) is 259 cm³/mol. The van der Waals surface area contributed by atoms with Crippen molar-refractivity contribution in [3.63, 3.8) is 0 Å². The van der Waals surface area contributed by atoms with Crippen LogP contribution in [-0.4, -0.2) is 0 Å². The molecule has 0 fully saturated rings. The van der Waals surface area contributed by atoms with Crippen molar-refractivity contribution in [2.45, 2.75) is 19.3 Å². The molecule has 0 nitrogen and oxygen atoms in total. The molecule has 0 radical (unpaired) electrons. The van der Waals surface area contributed by atoms with E-state index in [9.17, 15) is 0 Å². The van der Waals surface area contributed by atoms with E-state index in [0.717, 1.165) is 0 Å². The molecule has 0 atom stereocenters. The number of hydrogen-bond acceptors (Lipinski definition) is 2. The molecule has 10 aromatic carbocycles. The molecule has 0 saturated carbocycles. The minimum atomic E-state index is -0.0259. The van der Waals surface area contributed by atoms with Crippen molar-refractivity contribution in [2.24, 2.45) is 0 Å². The summed E-state index contributed by atoms with van der Waals surface area (Å²) in [5.41, 5.74) is 13.3. The predicted octanol–water partition coefficient (Wildman–Crippen LogP) is 17.2. The first kappa shape index (κ1) is 33.4. The molecule has 0 spiro atoms. The van der Waals surface area contributed by atoms with E-state index in [1.165, 1.54) is 128 Å². The van der Waals surface area contributed by atoms with Crippen molar-refractivity contribution in [1.82, 2.24) is 0 Å². The third-order valence-electron chi connectivity index (χ3n) is 13.2. The lowest BCUT2D eigenvalue weighted by molar-refractivity contribution is 0.667. The van der Waals surface area contributed by atoms with Gasteiger partial charge in [-0.3, -0.25) is 0 Å². The lowest BCUT2D eigenvalue weighted by Crippen LogP contribution is -2.14. The third-order valence-corrected chi connectivity index (χ3v) is 15.5. The van der Waals surface area contributed by atoms with Gasteiger partial charge in [0.2, 0.25) is 0 Å². The molecule has 0 unspecified atom stereocenters. The fourth-order valence-corrected chi connectivity index (χ4v) is 13.0. The Kier molecular flexibility index (Phi) is 6.92. The van der Waals surface area contributed by atoms with Crippen LogP contribution in [0.5, 0.6) is 0 Å². The van der Waals surface area contributed by atoms with Crippen molar-refractivity contribution >= 4 is 95.3 Å². The summed E-state index contributed by atoms with van der Waals surface area (Å²) in [4.78, 5) is 0. The molecule has 12 aromatic rings. The molecule has 2 aromatic heterocycles. The number of benzene rings is 10. The topological polar surface area (TPSA) is 0 Å². The van der Waals surface area contributed by atoms with E-state index >= 15 is 0 Å². The number of hydrogen-bond donors (Lipinski definition) is 0. The SMILES string of the molecule is CC1(C)c2ccccc2-c2ccc3c(sc4cc5cc(-c6ccc7sc8cc(-c9c%10ccccc%10c(-c%10ccccc%10)c%10ccccc9%10)ccc8c7c6)ccc5cc43)c21. The third kappa shape index (κ3) is 4.76. The van der Waals surface area contributed by atoms with E-state index in [-0.39, 0.29) is 5.41 Å². The Labute approximate surface area is 350 Å². The lowest BCUT2D eigenvalue weighted by atomic mass is 9.82. The molecule has 1 aliphatic carbocycles. The summed E-state index contributed by atoms with van der Waals surface area (Å²) in [5, 5.41) is 13.1. The molecule has 0 amide bonds. The van der Waals surface area contributed by atoms with Gasteiger partial charge in [-0.2, -0.15) is 0 Å². The highest BCUT2D eigenvalue weighted by Gasteiger charge is 2.37. The van der Waals surface area contributed by atoms with Crippen LogP contribution in [0, 0.1) is 0 Å². The molecular formula is C57H36S2. The average molecular weight is 785 g/mol. The van der Waals surface area contributed by atoms with Gasteiger partial charge < -0.3 is 0 Å². The van der Waals surface area contributed by atoms with E-state index in [0.29, 0.717) is 0 Å². The van der Waals surface area contributed by atoms with Gasteiger partial charge >= 0.3 is 0 Å². The van der Waals surface area contributed by atoms with Crippen LogP contribution in [0.25, 0.3) is 117 Å². The minimum Gasteiger partial charge on any atom is -0.135 e. The molecule has 276 valence electrons. The summed E-state index contributed by atoms with van der Waals surface area (Å²) in [6.45, 7) is 4.79. The van der Waals surface area contributed by atoms with Gasteiger partial charge in [0.25, 0.3) is 0 Å². The largest absolute Gasteiger partial charge is 0.135 e. The Morgan fingerprint density at radius 2 is 0.949 bits per heavy atom. The van der Waals surface area contributed by atoms with E-state index in [4.69, 9.17) is 0 Å². The second-order valence-electron chi connectivity index (χ2n) is 16.8. The van der Waals surface area contributed by atoms with E-state index in [2.05, 4.69) is 196 Å². The molecule has 2 heterocycles. The van der Waals surface area contributed by atoms with E-state index in [1.54, 1.807) is 0 Å². The van der Waals surface area contributed by atoms with Crippen LogP contribution in [-0.2, 0) is 5.41 Å². The monoisotopic (exact) mass is 784 g/mol. The molecular weight excluding hydrogens is 749 g/mol. The highest BCUT2D eigenvalue weighted by molar-refractivity contribution is 7.26. The summed E-state index contributed by atoms with van der Waals surface area (Å²) in [6, 6.07) is 68.5. The molecule has 59 heavy (non-hydrogen) atoms. The molecule has 0 N–H and O–H groups in total. The number of fused-ring (bicyclic) bond motifs is 13. The summed E-state index contributed by atoms with van der Waals surface area (Å²) in [7, 11) is 0. The summed E-state index contributed by atoms with van der Waals surface area (Å²) >= 11 is 3.86. The summed E-state index contributed by atoms with van der Waals surface area (Å²) in [6.07, 6.45) is 0. The molecule has 0 aliphatic heterocycles. The second-order valence-corrected chi connectivity index (χ2v) is 18.9. The second kappa shape index (κ2) is 12.2. The zero-order chi connectivity index (χ0) is 39.0. The number of thiophene rings is 2. The van der Waals surface area contributed by atoms with Crippen LogP contribution in [0.2, 0.25) is 0 Å². The first-order chi connectivity index (χ1) is 29.0. The average Bonchev–Trinajstić information content (AvgIpc) is 3.90. The Balaban J connectivity index is 0.920. The first-order valence-electron chi connectivity index (χ1n) is 20.5. The minimum absolute atomic E-state index is 0.0259. The van der Waals surface area contributed by atoms with E-state index < -0.39 is 0 Å². The molecule has 0 saturated heterocycles. The van der Waals surface area contributed by atoms with Crippen LogP contribution in [0.3, 0.4) is 0 Å².